The number of nitrogens with zero attached hydrogens (tertiary/aromatic N) is 4. The van der Waals surface area contributed by atoms with Crippen LogP contribution in [0.25, 0.3) is 28.5 Å². The van der Waals surface area contributed by atoms with Crippen molar-refractivity contribution in [1.29, 1.82) is 0 Å². The molecular weight excluding hydrogens is 641 g/mol. The Bertz CT molecular complexity index is 1830. The van der Waals surface area contributed by atoms with Crippen LogP contribution in [0.3, 0.4) is 0 Å². The molecule has 8 nitrogen and oxygen atoms in total. The van der Waals surface area contributed by atoms with Crippen LogP contribution in [0.1, 0.15) is 89.6 Å². The third-order valence-corrected chi connectivity index (χ3v) is 9.04. The van der Waals surface area contributed by atoms with Crippen molar-refractivity contribution in [3.8, 4) is 16.4 Å². The molecule has 1 aliphatic heterocycles. The summed E-state index contributed by atoms with van der Waals surface area (Å²) in [7, 11) is 0. The highest BCUT2D eigenvalue weighted by Crippen LogP contribution is 2.37. The van der Waals surface area contributed by atoms with E-state index in [9.17, 15) is 22.8 Å². The summed E-state index contributed by atoms with van der Waals surface area (Å²) in [6.07, 6.45) is 1.48. The molecule has 254 valence electrons. The molecule has 1 saturated heterocycles. The van der Waals surface area contributed by atoms with E-state index < -0.39 is 29.0 Å². The number of ether oxygens (including phenoxy) is 2. The molecule has 1 fully saturated rings. The Labute approximate surface area is 282 Å². The van der Waals surface area contributed by atoms with Crippen LogP contribution in [-0.4, -0.2) is 57.0 Å². The third-order valence-electron chi connectivity index (χ3n) is 7.96. The molecule has 0 N–H and O–H groups in total. The molecule has 1 aromatic carbocycles. The number of pyridine rings is 1. The molecule has 1 amide bonds. The van der Waals surface area contributed by atoms with Gasteiger partial charge in [0.25, 0.3) is 0 Å². The van der Waals surface area contributed by atoms with Crippen molar-refractivity contribution in [1.82, 2.24) is 19.7 Å². The Balaban J connectivity index is 1.35. The average Bonchev–Trinajstić information content (AvgIpc) is 3.64. The van der Waals surface area contributed by atoms with Crippen LogP contribution in [0, 0.1) is 13.8 Å². The number of benzene rings is 1. The van der Waals surface area contributed by atoms with E-state index in [1.54, 1.807) is 17.0 Å². The highest BCUT2D eigenvalue weighted by Gasteiger charge is 2.41. The molecule has 0 spiro atoms. The minimum atomic E-state index is -4.87. The quantitative estimate of drug-likeness (QED) is 0.181. The molecule has 48 heavy (non-hydrogen) atoms. The summed E-state index contributed by atoms with van der Waals surface area (Å²) in [6, 6.07) is 13.2. The SMILES string of the molecule is CCOC(=O)c1cnn(-c2cccc(-c3sc(C)cc3/C=C/c3ccc(C4CCN(C(=O)OC(C)(C)C)CC4)cc3C)n2)c1C(F)(F)F. The Morgan fingerprint density at radius 3 is 2.38 bits per heavy atom. The number of carbonyl (C=O) groups is 2. The minimum absolute atomic E-state index is 0.0660. The van der Waals surface area contributed by atoms with Gasteiger partial charge in [-0.3, -0.25) is 0 Å². The fourth-order valence-electron chi connectivity index (χ4n) is 5.72. The van der Waals surface area contributed by atoms with Crippen LogP contribution in [0.5, 0.6) is 0 Å². The van der Waals surface area contributed by atoms with E-state index >= 15 is 0 Å². The van der Waals surface area contributed by atoms with Crippen LogP contribution < -0.4 is 0 Å². The molecule has 0 radical (unpaired) electrons. The molecule has 0 atom stereocenters. The number of piperidine rings is 1. The first-order valence-electron chi connectivity index (χ1n) is 15.8. The molecule has 3 aromatic heterocycles. The van der Waals surface area contributed by atoms with Gasteiger partial charge in [-0.2, -0.15) is 18.3 Å². The number of aryl methyl sites for hydroxylation is 2. The van der Waals surface area contributed by atoms with E-state index in [-0.39, 0.29) is 18.5 Å². The predicted octanol–water partition coefficient (Wildman–Crippen LogP) is 9.09. The second-order valence-corrected chi connectivity index (χ2v) is 14.0. The molecule has 12 heteroatoms. The number of rotatable bonds is 7. The van der Waals surface area contributed by atoms with Gasteiger partial charge in [-0.1, -0.05) is 36.4 Å². The number of hydrogen-bond donors (Lipinski definition) is 0. The number of esters is 1. The minimum Gasteiger partial charge on any atom is -0.462 e. The molecule has 0 aliphatic carbocycles. The maximum atomic E-state index is 14.1. The van der Waals surface area contributed by atoms with Crippen LogP contribution in [0.15, 0.2) is 48.7 Å². The first-order chi connectivity index (χ1) is 22.6. The first kappa shape index (κ1) is 34.9. The van der Waals surface area contributed by atoms with Gasteiger partial charge in [0.05, 0.1) is 23.4 Å². The zero-order chi connectivity index (χ0) is 34.8. The van der Waals surface area contributed by atoms with Gasteiger partial charge in [0.1, 0.15) is 11.2 Å². The number of thiophene rings is 1. The predicted molar refractivity (Wildman–Crippen MR) is 180 cm³/mol. The number of aromatic nitrogens is 3. The second kappa shape index (κ2) is 14.0. The molecule has 4 heterocycles. The maximum Gasteiger partial charge on any atom is 0.434 e. The summed E-state index contributed by atoms with van der Waals surface area (Å²) >= 11 is 1.49. The van der Waals surface area contributed by atoms with Crippen LogP contribution >= 0.6 is 11.3 Å². The molecule has 0 bridgehead atoms. The molecular formula is C36H39F3N4O4S. The smallest absolute Gasteiger partial charge is 0.434 e. The summed E-state index contributed by atoms with van der Waals surface area (Å²) in [5, 5.41) is 3.87. The highest BCUT2D eigenvalue weighted by atomic mass is 32.1. The topological polar surface area (TPSA) is 86.6 Å². The Hall–Kier alpha value is -4.45. The van der Waals surface area contributed by atoms with Gasteiger partial charge in [-0.05, 0) is 101 Å². The number of halogens is 3. The number of hydrogen-bond acceptors (Lipinski definition) is 7. The lowest BCUT2D eigenvalue weighted by Crippen LogP contribution is -2.41. The van der Waals surface area contributed by atoms with Gasteiger partial charge in [-0.15, -0.1) is 11.3 Å². The lowest BCUT2D eigenvalue weighted by atomic mass is 9.88. The summed E-state index contributed by atoms with van der Waals surface area (Å²) < 4.78 is 53.3. The molecule has 0 unspecified atom stereocenters. The van der Waals surface area contributed by atoms with E-state index in [4.69, 9.17) is 9.47 Å². The summed E-state index contributed by atoms with van der Waals surface area (Å²) in [5.74, 6) is -0.814. The fraction of sp³-hybridized carbons (Fsp3) is 0.389. The van der Waals surface area contributed by atoms with E-state index in [1.165, 1.54) is 29.9 Å². The van der Waals surface area contributed by atoms with Gasteiger partial charge in [-0.25, -0.2) is 19.3 Å². The van der Waals surface area contributed by atoms with Crippen molar-refractivity contribution < 1.29 is 32.2 Å². The average molecular weight is 681 g/mol. The zero-order valence-electron chi connectivity index (χ0n) is 27.9. The summed E-state index contributed by atoms with van der Waals surface area (Å²) in [6.45, 7) is 12.4. The zero-order valence-corrected chi connectivity index (χ0v) is 28.7. The molecule has 5 rings (SSSR count). The molecule has 0 saturated carbocycles. The molecule has 4 aromatic rings. The third kappa shape index (κ3) is 7.98. The van der Waals surface area contributed by atoms with Gasteiger partial charge < -0.3 is 14.4 Å². The van der Waals surface area contributed by atoms with Crippen molar-refractivity contribution >= 4 is 35.6 Å². The summed E-state index contributed by atoms with van der Waals surface area (Å²) in [5.41, 5.74) is 2.34. The van der Waals surface area contributed by atoms with E-state index in [2.05, 4.69) is 35.2 Å². The maximum absolute atomic E-state index is 14.1. The number of alkyl halides is 3. The van der Waals surface area contributed by atoms with Crippen molar-refractivity contribution in [3.05, 3.63) is 87.0 Å². The van der Waals surface area contributed by atoms with E-state index in [0.717, 1.165) is 45.5 Å². The van der Waals surface area contributed by atoms with Gasteiger partial charge in [0.2, 0.25) is 0 Å². The monoisotopic (exact) mass is 680 g/mol. The summed E-state index contributed by atoms with van der Waals surface area (Å²) in [4.78, 5) is 32.9. The Morgan fingerprint density at radius 1 is 1.02 bits per heavy atom. The van der Waals surface area contributed by atoms with Crippen LogP contribution in [0.2, 0.25) is 0 Å². The lowest BCUT2D eigenvalue weighted by molar-refractivity contribution is -0.143. The number of carbonyl (C=O) groups excluding carboxylic acids is 2. The highest BCUT2D eigenvalue weighted by molar-refractivity contribution is 7.15. The standard InChI is InChI=1S/C36H39F3N4O4S/c1-7-46-33(44)28-21-40-43(32(28)36(37,38)39)30-10-8-9-29(41-30)31-27(20-23(3)48-31)14-12-24-11-13-26(19-22(24)2)25-15-17-42(18-16-25)34(45)47-35(4,5)6/h8-14,19-21,25H,7,15-18H2,1-6H3/b14-12+. The van der Waals surface area contributed by atoms with Gasteiger partial charge in [0.15, 0.2) is 11.5 Å². The van der Waals surface area contributed by atoms with Gasteiger partial charge >= 0.3 is 18.2 Å². The van der Waals surface area contributed by atoms with Crippen molar-refractivity contribution in [2.24, 2.45) is 0 Å². The normalized spacial score (nSPS) is 14.5. The Morgan fingerprint density at radius 2 is 1.73 bits per heavy atom. The number of likely N-dealkylation sites (tertiary alicyclic amines) is 1. The Kier molecular flexibility index (Phi) is 10.1. The molecule has 1 aliphatic rings. The largest absolute Gasteiger partial charge is 0.462 e. The number of amides is 1. The van der Waals surface area contributed by atoms with Crippen LogP contribution in [-0.2, 0) is 15.7 Å². The van der Waals surface area contributed by atoms with Crippen molar-refractivity contribution in [2.45, 2.75) is 72.1 Å². The fourth-order valence-corrected chi connectivity index (χ4v) is 6.69. The van der Waals surface area contributed by atoms with Crippen molar-refractivity contribution in [2.75, 3.05) is 19.7 Å². The van der Waals surface area contributed by atoms with Gasteiger partial charge in [0, 0.05) is 18.0 Å². The van der Waals surface area contributed by atoms with E-state index in [1.807, 2.05) is 45.9 Å². The van der Waals surface area contributed by atoms with Crippen LogP contribution in [0.4, 0.5) is 18.0 Å². The van der Waals surface area contributed by atoms with E-state index in [0.29, 0.717) is 29.4 Å². The second-order valence-electron chi connectivity index (χ2n) is 12.8. The van der Waals surface area contributed by atoms with Crippen molar-refractivity contribution in [3.63, 3.8) is 0 Å². The lowest BCUT2D eigenvalue weighted by Gasteiger charge is -2.33. The first-order valence-corrected chi connectivity index (χ1v) is 16.6.